The second-order valence-electron chi connectivity index (χ2n) is 15.5. The van der Waals surface area contributed by atoms with Gasteiger partial charge in [-0.05, 0) is 110 Å². The van der Waals surface area contributed by atoms with E-state index < -0.39 is 0 Å². The average molecular weight is 888 g/mol. The van der Waals surface area contributed by atoms with Crippen molar-refractivity contribution in [3.05, 3.63) is 161 Å². The molecule has 6 heteroatoms. The van der Waals surface area contributed by atoms with Crippen LogP contribution in [0.1, 0.15) is 59.7 Å². The summed E-state index contributed by atoms with van der Waals surface area (Å²) in [6.45, 7) is 19.6. The summed E-state index contributed by atoms with van der Waals surface area (Å²) in [6.07, 6.45) is 9.55. The second-order valence-corrected chi connectivity index (χ2v) is 15.5. The molecule has 0 atom stereocenters. The van der Waals surface area contributed by atoms with Crippen LogP contribution in [0.15, 0.2) is 104 Å². The van der Waals surface area contributed by atoms with Crippen LogP contribution in [0.5, 0.6) is 11.5 Å². The molecule has 0 amide bonds. The van der Waals surface area contributed by atoms with Crippen LogP contribution >= 0.6 is 0 Å². The van der Waals surface area contributed by atoms with Crippen LogP contribution in [0, 0.1) is 60.0 Å². The molecular formula is C48H44N4OPt-2. The van der Waals surface area contributed by atoms with Gasteiger partial charge in [0.1, 0.15) is 5.82 Å². The number of aryl methyl sites for hydroxylation is 6. The first-order chi connectivity index (χ1) is 25.3. The molecule has 0 saturated carbocycles. The zero-order chi connectivity index (χ0) is 37.2. The molecule has 0 N–H and O–H groups in total. The first-order valence-electron chi connectivity index (χ1n) is 18.2. The smallest absolute Gasteiger partial charge is 0.267 e. The van der Waals surface area contributed by atoms with E-state index in [9.17, 15) is 0 Å². The van der Waals surface area contributed by atoms with Crippen LogP contribution in [-0.4, -0.2) is 14.1 Å². The van der Waals surface area contributed by atoms with Gasteiger partial charge in [0, 0.05) is 56.7 Å². The third kappa shape index (κ3) is 6.82. The Morgan fingerprint density at radius 2 is 1.39 bits per heavy atom. The summed E-state index contributed by atoms with van der Waals surface area (Å²) < 4.78 is 13.0. The summed E-state index contributed by atoms with van der Waals surface area (Å²) in [6, 6.07) is 37.2. The van der Waals surface area contributed by atoms with Crippen molar-refractivity contribution in [2.24, 2.45) is 0 Å². The van der Waals surface area contributed by atoms with Crippen LogP contribution < -0.4 is 9.30 Å². The molecule has 0 aliphatic carbocycles. The topological polar surface area (TPSA) is 35.9 Å². The first-order valence-corrected chi connectivity index (χ1v) is 18.2. The average Bonchev–Trinajstić information content (AvgIpc) is 3.70. The Balaban J connectivity index is 0.00000450. The summed E-state index contributed by atoms with van der Waals surface area (Å²) in [5, 5.41) is 2.23. The van der Waals surface area contributed by atoms with Gasteiger partial charge < -0.3 is 13.9 Å². The summed E-state index contributed by atoms with van der Waals surface area (Å²) in [7, 11) is 0. The van der Waals surface area contributed by atoms with Crippen LogP contribution in [0.4, 0.5) is 0 Å². The van der Waals surface area contributed by atoms with Gasteiger partial charge in [0.2, 0.25) is 0 Å². The Hall–Kier alpha value is -5.25. The van der Waals surface area contributed by atoms with Crippen molar-refractivity contribution >= 4 is 21.8 Å². The van der Waals surface area contributed by atoms with Crippen LogP contribution in [0.3, 0.4) is 0 Å². The number of nitrogens with zero attached hydrogens (tertiary/aromatic N) is 4. The molecule has 0 radical (unpaired) electrons. The number of pyridine rings is 1. The summed E-state index contributed by atoms with van der Waals surface area (Å²) in [4.78, 5) is 4.85. The quantitative estimate of drug-likeness (QED) is 0.123. The monoisotopic (exact) mass is 887 g/mol. The van der Waals surface area contributed by atoms with E-state index in [0.717, 1.165) is 44.6 Å². The fraction of sp³-hybridized carbons (Fsp3) is 0.208. The number of imidazole rings is 1. The summed E-state index contributed by atoms with van der Waals surface area (Å²) in [5.74, 6) is 2.05. The third-order valence-electron chi connectivity index (χ3n) is 10.1. The molecule has 0 aliphatic heterocycles. The van der Waals surface area contributed by atoms with E-state index in [2.05, 4.69) is 175 Å². The molecule has 5 aromatic carbocycles. The van der Waals surface area contributed by atoms with E-state index in [1.165, 1.54) is 44.5 Å². The number of fused-ring (bicyclic) bond motifs is 3. The fourth-order valence-electron chi connectivity index (χ4n) is 7.92. The maximum absolute atomic E-state index is 6.74. The maximum Gasteiger partial charge on any atom is 0.267 e. The van der Waals surface area contributed by atoms with Gasteiger partial charge >= 0.3 is 0 Å². The van der Waals surface area contributed by atoms with E-state index in [1.54, 1.807) is 0 Å². The Morgan fingerprint density at radius 1 is 0.704 bits per heavy atom. The molecule has 3 aromatic heterocycles. The van der Waals surface area contributed by atoms with Crippen LogP contribution in [-0.2, 0) is 26.5 Å². The number of hydrogen-bond acceptors (Lipinski definition) is 2. The zero-order valence-electron chi connectivity index (χ0n) is 32.3. The minimum absolute atomic E-state index is 0. The van der Waals surface area contributed by atoms with Crippen molar-refractivity contribution in [2.45, 2.75) is 67.7 Å². The Morgan fingerprint density at radius 3 is 2.09 bits per heavy atom. The van der Waals surface area contributed by atoms with Gasteiger partial charge in [-0.2, -0.15) is 12.1 Å². The van der Waals surface area contributed by atoms with E-state index in [4.69, 9.17) is 9.72 Å². The van der Waals surface area contributed by atoms with Gasteiger partial charge in [0.15, 0.2) is 0 Å². The predicted molar refractivity (Wildman–Crippen MR) is 215 cm³/mol. The SMILES string of the molecule is Cc1cc(C)c(-c2cc(Oc3[c-]c4c(cc3)c3ccccc3n4-c3cc(C(C)(C)C)ccn3)[c-]c(-n3[c-][n+](-c4c(C)cc(C)cc4C)cc3)c2)c(C)c1.[Pt]. The Kier molecular flexibility index (Phi) is 9.74. The standard InChI is InChI=1S/C48H44N4O.Pt/c1-30-20-32(3)46(33(4)21-30)36-24-38(50-18-19-51(29-50)47-34(5)22-31(2)23-35(47)6)27-40(25-36)53-39-14-15-42-41-12-10-11-13-43(41)52(44(42)28-39)45-26-37(16-17-49-45)48(7,8)9;/h10-26H,1-9H3;/q-2;. The molecule has 0 fully saturated rings. The van der Waals surface area contributed by atoms with Gasteiger partial charge in [0.05, 0.1) is 5.69 Å². The van der Waals surface area contributed by atoms with E-state index in [1.807, 2.05) is 23.0 Å². The Bertz CT molecular complexity index is 2660. The van der Waals surface area contributed by atoms with Crippen LogP contribution in [0.2, 0.25) is 0 Å². The molecule has 0 aliphatic rings. The molecule has 0 unspecified atom stereocenters. The predicted octanol–water partition coefficient (Wildman–Crippen LogP) is 11.3. The fourth-order valence-corrected chi connectivity index (χ4v) is 7.92. The second kappa shape index (κ2) is 14.2. The number of rotatable bonds is 6. The first kappa shape index (κ1) is 37.1. The molecule has 3 heterocycles. The largest absolute Gasteiger partial charge is 0.510 e. The minimum Gasteiger partial charge on any atom is -0.510 e. The maximum atomic E-state index is 6.74. The van der Waals surface area contributed by atoms with Crippen molar-refractivity contribution in [1.29, 1.82) is 0 Å². The number of aromatic nitrogens is 4. The van der Waals surface area contributed by atoms with Gasteiger partial charge in [-0.25, -0.2) is 4.98 Å². The molecule has 5 nitrogen and oxygen atoms in total. The Labute approximate surface area is 333 Å². The molecule has 8 rings (SSSR count). The molecule has 0 saturated heterocycles. The third-order valence-corrected chi connectivity index (χ3v) is 10.1. The summed E-state index contributed by atoms with van der Waals surface area (Å²) in [5.41, 5.74) is 14.7. The number of benzene rings is 5. The van der Waals surface area contributed by atoms with Gasteiger partial charge in [-0.15, -0.1) is 35.2 Å². The number of hydrogen-bond donors (Lipinski definition) is 0. The molecule has 274 valence electrons. The van der Waals surface area contributed by atoms with Crippen molar-refractivity contribution in [2.75, 3.05) is 0 Å². The van der Waals surface area contributed by atoms with Crippen molar-refractivity contribution in [1.82, 2.24) is 14.1 Å². The molecular weight excluding hydrogens is 844 g/mol. The van der Waals surface area contributed by atoms with E-state index in [0.29, 0.717) is 11.5 Å². The molecule has 8 aromatic rings. The van der Waals surface area contributed by atoms with E-state index in [-0.39, 0.29) is 26.5 Å². The van der Waals surface area contributed by atoms with Gasteiger partial charge in [-0.1, -0.05) is 79.9 Å². The van der Waals surface area contributed by atoms with E-state index >= 15 is 0 Å². The number of para-hydroxylation sites is 1. The zero-order valence-corrected chi connectivity index (χ0v) is 34.6. The molecule has 0 spiro atoms. The van der Waals surface area contributed by atoms with Gasteiger partial charge in [0.25, 0.3) is 6.33 Å². The molecule has 54 heavy (non-hydrogen) atoms. The number of ether oxygens (including phenoxy) is 1. The van der Waals surface area contributed by atoms with Crippen molar-refractivity contribution in [3.8, 4) is 39.8 Å². The van der Waals surface area contributed by atoms with Crippen molar-refractivity contribution < 1.29 is 30.4 Å². The van der Waals surface area contributed by atoms with Crippen LogP contribution in [0.25, 0.3) is 50.1 Å². The summed E-state index contributed by atoms with van der Waals surface area (Å²) >= 11 is 0. The molecule has 0 bridgehead atoms. The van der Waals surface area contributed by atoms with Crippen molar-refractivity contribution in [3.63, 3.8) is 0 Å². The normalized spacial score (nSPS) is 11.6. The van der Waals surface area contributed by atoms with Gasteiger partial charge in [-0.3, -0.25) is 4.57 Å². The minimum atomic E-state index is -0.0185.